The smallest absolute Gasteiger partial charge is 0.308 e. The molecule has 0 heterocycles. The lowest BCUT2D eigenvalue weighted by Gasteiger charge is -2.27. The molecule has 0 aliphatic carbocycles. The second-order valence-electron chi connectivity index (χ2n) is 5.87. The van der Waals surface area contributed by atoms with Crippen molar-refractivity contribution in [1.82, 2.24) is 0 Å². The van der Waals surface area contributed by atoms with E-state index in [9.17, 15) is 9.35 Å². The fourth-order valence-corrected chi connectivity index (χ4v) is 2.51. The second kappa shape index (κ2) is 7.41. The Balaban J connectivity index is 2.64. The van der Waals surface area contributed by atoms with Crippen LogP contribution in [0.25, 0.3) is 10.8 Å². The van der Waals surface area contributed by atoms with Gasteiger partial charge in [0.2, 0.25) is 5.75 Å². The van der Waals surface area contributed by atoms with Crippen LogP contribution < -0.4 is 18.9 Å². The monoisotopic (exact) mass is 366 g/mol. The molecule has 2 aromatic carbocycles. The molecule has 0 saturated heterocycles. The van der Waals surface area contributed by atoms with E-state index in [0.29, 0.717) is 22.6 Å². The Morgan fingerprint density at radius 3 is 2.32 bits per heavy atom. The normalized spacial score (nSPS) is 12.6. The predicted molar refractivity (Wildman–Crippen MR) is 97.1 cm³/mol. The van der Waals surface area contributed by atoms with Crippen molar-refractivity contribution in [3.8, 4) is 23.0 Å². The minimum Gasteiger partial charge on any atom is -0.613 e. The molecule has 0 radical (unpaired) electrons. The Hall–Kier alpha value is -2.12. The molecule has 2 rings (SSSR count). The molecular weight excluding hydrogens is 344 g/mol. The highest BCUT2D eigenvalue weighted by atomic mass is 32.2. The summed E-state index contributed by atoms with van der Waals surface area (Å²) in [5, 5.41) is 1.42. The first-order chi connectivity index (χ1) is 11.7. The van der Waals surface area contributed by atoms with Crippen molar-refractivity contribution in [3.63, 3.8) is 0 Å². The van der Waals surface area contributed by atoms with Crippen molar-refractivity contribution in [2.75, 3.05) is 20.5 Å². The molecule has 0 aromatic heterocycles. The van der Waals surface area contributed by atoms with E-state index >= 15 is 0 Å². The van der Waals surface area contributed by atoms with Crippen LogP contribution in [0.2, 0.25) is 0 Å². The molecule has 0 saturated carbocycles. The molecule has 0 aliphatic heterocycles. The first-order valence-electron chi connectivity index (χ1n) is 7.59. The van der Waals surface area contributed by atoms with Gasteiger partial charge in [0.05, 0.1) is 20.5 Å². The number of hydrogen-bond donors (Lipinski definition) is 0. The van der Waals surface area contributed by atoms with Gasteiger partial charge in [-0.3, -0.25) is 4.79 Å². The molecule has 1 atom stereocenters. The molecule has 1 unspecified atom stereocenters. The van der Waals surface area contributed by atoms with E-state index in [4.69, 9.17) is 18.9 Å². The molecule has 25 heavy (non-hydrogen) atoms. The molecule has 0 spiro atoms. The summed E-state index contributed by atoms with van der Waals surface area (Å²) >= 11 is -1.19. The number of carbonyl (C=O) groups is 1. The molecule has 136 valence electrons. The summed E-state index contributed by atoms with van der Waals surface area (Å²) < 4.78 is 33.7. The fraction of sp³-hybridized carbons (Fsp3) is 0.389. The van der Waals surface area contributed by atoms with Crippen molar-refractivity contribution in [3.05, 3.63) is 24.3 Å². The summed E-state index contributed by atoms with van der Waals surface area (Å²) in [6.07, 6.45) is 1.58. The van der Waals surface area contributed by atoms with Gasteiger partial charge in [0.15, 0.2) is 11.5 Å². The average Bonchev–Trinajstić information content (AvgIpc) is 2.53. The summed E-state index contributed by atoms with van der Waals surface area (Å²) in [5.74, 6) is 1.06. The Bertz CT molecular complexity index is 785. The lowest BCUT2D eigenvalue weighted by Crippen LogP contribution is -2.37. The third-order valence-corrected chi connectivity index (χ3v) is 5.18. The van der Waals surface area contributed by atoms with Crippen LogP contribution in [-0.4, -0.2) is 35.9 Å². The minimum atomic E-state index is -1.19. The standard InChI is InChI=1S/C18H22O6S/c1-11(19)23-16-14-10-13(24-18(2,3)25(6)20)8-7-12(14)9-15(21-4)17(16)22-5/h7-10H,1-6H3. The number of fused-ring (bicyclic) bond motifs is 1. The number of hydrogen-bond acceptors (Lipinski definition) is 6. The largest absolute Gasteiger partial charge is 0.613 e. The molecule has 7 heteroatoms. The number of esters is 1. The first-order valence-corrected chi connectivity index (χ1v) is 9.15. The highest BCUT2D eigenvalue weighted by Gasteiger charge is 2.30. The fourth-order valence-electron chi connectivity index (χ4n) is 2.29. The van der Waals surface area contributed by atoms with Gasteiger partial charge in [-0.15, -0.1) is 0 Å². The maximum absolute atomic E-state index is 11.8. The van der Waals surface area contributed by atoms with Gasteiger partial charge in [-0.2, -0.15) is 0 Å². The highest BCUT2D eigenvalue weighted by Crippen LogP contribution is 2.44. The molecule has 0 fully saturated rings. The van der Waals surface area contributed by atoms with E-state index in [-0.39, 0.29) is 5.75 Å². The molecule has 0 bridgehead atoms. The Labute approximate surface area is 150 Å². The van der Waals surface area contributed by atoms with Crippen LogP contribution >= 0.6 is 0 Å². The number of benzene rings is 2. The third-order valence-electron chi connectivity index (χ3n) is 3.71. The zero-order valence-electron chi connectivity index (χ0n) is 15.2. The van der Waals surface area contributed by atoms with Crippen molar-refractivity contribution in [2.45, 2.75) is 25.7 Å². The van der Waals surface area contributed by atoms with E-state index < -0.39 is 22.1 Å². The molecule has 2 aromatic rings. The Morgan fingerprint density at radius 1 is 1.12 bits per heavy atom. The lowest BCUT2D eigenvalue weighted by molar-refractivity contribution is -0.131. The molecular formula is C18H22O6S. The summed E-state index contributed by atoms with van der Waals surface area (Å²) in [5.41, 5.74) is 0. The second-order valence-corrected chi connectivity index (χ2v) is 7.77. The average molecular weight is 366 g/mol. The quantitative estimate of drug-likeness (QED) is 0.444. The third kappa shape index (κ3) is 4.11. The maximum Gasteiger partial charge on any atom is 0.308 e. The maximum atomic E-state index is 11.8. The van der Waals surface area contributed by atoms with E-state index in [0.717, 1.165) is 5.39 Å². The predicted octanol–water partition coefficient (Wildman–Crippen LogP) is 3.28. The minimum absolute atomic E-state index is 0.255. The van der Waals surface area contributed by atoms with Crippen LogP contribution in [0, 0.1) is 0 Å². The zero-order valence-corrected chi connectivity index (χ0v) is 16.0. The lowest BCUT2D eigenvalue weighted by atomic mass is 10.1. The summed E-state index contributed by atoms with van der Waals surface area (Å²) in [6, 6.07) is 7.09. The topological polar surface area (TPSA) is 77.0 Å². The van der Waals surface area contributed by atoms with Gasteiger partial charge in [-0.05, 0) is 34.8 Å². The van der Waals surface area contributed by atoms with Gasteiger partial charge in [0.1, 0.15) is 5.75 Å². The van der Waals surface area contributed by atoms with Crippen LogP contribution in [0.1, 0.15) is 20.8 Å². The first kappa shape index (κ1) is 19.2. The van der Waals surface area contributed by atoms with Crippen LogP contribution in [-0.2, 0) is 16.0 Å². The van der Waals surface area contributed by atoms with Crippen molar-refractivity contribution in [1.29, 1.82) is 0 Å². The number of rotatable bonds is 6. The van der Waals surface area contributed by atoms with E-state index in [1.807, 2.05) is 6.07 Å². The molecule has 0 amide bonds. The number of ether oxygens (including phenoxy) is 4. The number of carbonyl (C=O) groups excluding carboxylic acids is 1. The highest BCUT2D eigenvalue weighted by molar-refractivity contribution is 7.91. The van der Waals surface area contributed by atoms with Gasteiger partial charge < -0.3 is 23.5 Å². The van der Waals surface area contributed by atoms with Crippen molar-refractivity contribution in [2.24, 2.45) is 0 Å². The summed E-state index contributed by atoms with van der Waals surface area (Å²) in [6.45, 7) is 4.80. The molecule has 6 nitrogen and oxygen atoms in total. The van der Waals surface area contributed by atoms with Crippen molar-refractivity contribution >= 4 is 27.9 Å². The van der Waals surface area contributed by atoms with Crippen LogP contribution in [0.3, 0.4) is 0 Å². The van der Waals surface area contributed by atoms with Gasteiger partial charge in [0, 0.05) is 26.2 Å². The SMILES string of the molecule is COc1cc2ccc(OC(C)(C)[S+](C)[O-])cc2c(OC(C)=O)c1OC. The van der Waals surface area contributed by atoms with Gasteiger partial charge >= 0.3 is 5.97 Å². The van der Waals surface area contributed by atoms with E-state index in [1.54, 1.807) is 38.3 Å². The van der Waals surface area contributed by atoms with Crippen LogP contribution in [0.4, 0.5) is 0 Å². The Morgan fingerprint density at radius 2 is 1.80 bits per heavy atom. The summed E-state index contributed by atoms with van der Waals surface area (Å²) in [7, 11) is 2.98. The zero-order chi connectivity index (χ0) is 18.8. The van der Waals surface area contributed by atoms with Crippen molar-refractivity contribution < 1.29 is 28.3 Å². The van der Waals surface area contributed by atoms with Crippen LogP contribution in [0.5, 0.6) is 23.0 Å². The molecule has 0 N–H and O–H groups in total. The van der Waals surface area contributed by atoms with E-state index in [2.05, 4.69) is 0 Å². The Kier molecular flexibility index (Phi) is 5.69. The van der Waals surface area contributed by atoms with E-state index in [1.165, 1.54) is 21.1 Å². The van der Waals surface area contributed by atoms with Gasteiger partial charge in [-0.1, -0.05) is 6.07 Å². The van der Waals surface area contributed by atoms with Crippen LogP contribution in [0.15, 0.2) is 24.3 Å². The van der Waals surface area contributed by atoms with Gasteiger partial charge in [0.25, 0.3) is 4.93 Å². The van der Waals surface area contributed by atoms with Gasteiger partial charge in [-0.25, -0.2) is 0 Å². The summed E-state index contributed by atoms with van der Waals surface area (Å²) in [4.78, 5) is 10.7. The molecule has 0 aliphatic rings. The number of methoxy groups -OCH3 is 2.